The van der Waals surface area contributed by atoms with Crippen molar-refractivity contribution in [2.24, 2.45) is 0 Å². The molecule has 1 aromatic heterocycles. The number of benzene rings is 1. The second kappa shape index (κ2) is 6.05. The molecule has 5 heteroatoms. The fourth-order valence-corrected chi connectivity index (χ4v) is 3.02. The smallest absolute Gasteiger partial charge is 0.333 e. The van der Waals surface area contributed by atoms with Crippen LogP contribution in [0.5, 0.6) is 0 Å². The molecule has 3 nitrogen and oxygen atoms in total. The highest BCUT2D eigenvalue weighted by Crippen LogP contribution is 2.30. The average molecular weight is 293 g/mol. The average Bonchev–Trinajstić information content (AvgIpc) is 2.76. The summed E-state index contributed by atoms with van der Waals surface area (Å²) in [5.41, 5.74) is 1.11. The summed E-state index contributed by atoms with van der Waals surface area (Å²) in [7, 11) is 1.33. The van der Waals surface area contributed by atoms with Crippen molar-refractivity contribution in [3.05, 3.63) is 51.5 Å². The zero-order valence-corrected chi connectivity index (χ0v) is 12.4. The van der Waals surface area contributed by atoms with Crippen molar-refractivity contribution in [3.8, 4) is 0 Å². The molecule has 1 heterocycles. The number of ether oxygens (including phenoxy) is 1. The van der Waals surface area contributed by atoms with Crippen LogP contribution in [-0.4, -0.2) is 13.1 Å². The summed E-state index contributed by atoms with van der Waals surface area (Å²) in [5, 5.41) is 2.93. The molecular formula is C15H16FNO2S. The number of esters is 1. The fraction of sp³-hybridized carbons (Fsp3) is 0.267. The van der Waals surface area contributed by atoms with Crippen LogP contribution >= 0.6 is 11.3 Å². The van der Waals surface area contributed by atoms with Crippen molar-refractivity contribution < 1.29 is 13.9 Å². The first-order valence-electron chi connectivity index (χ1n) is 6.18. The van der Waals surface area contributed by atoms with Gasteiger partial charge in [-0.1, -0.05) is 12.1 Å². The van der Waals surface area contributed by atoms with Crippen LogP contribution in [-0.2, 0) is 9.53 Å². The molecule has 20 heavy (non-hydrogen) atoms. The maximum atomic E-state index is 13.7. The van der Waals surface area contributed by atoms with Crippen molar-refractivity contribution in [1.29, 1.82) is 0 Å². The predicted octanol–water partition coefficient (Wildman–Crippen LogP) is 3.83. The second-order valence-electron chi connectivity index (χ2n) is 4.45. The molecule has 0 saturated carbocycles. The third kappa shape index (κ3) is 2.99. The van der Waals surface area contributed by atoms with E-state index in [4.69, 9.17) is 4.74 Å². The highest BCUT2D eigenvalue weighted by Gasteiger charge is 2.25. The Morgan fingerprint density at radius 2 is 2.05 bits per heavy atom. The zero-order chi connectivity index (χ0) is 14.7. The van der Waals surface area contributed by atoms with E-state index in [1.807, 2.05) is 19.9 Å². The van der Waals surface area contributed by atoms with Gasteiger partial charge < -0.3 is 10.1 Å². The van der Waals surface area contributed by atoms with Gasteiger partial charge in [-0.15, -0.1) is 11.3 Å². The first kappa shape index (κ1) is 14.5. The fourth-order valence-electron chi connectivity index (χ4n) is 2.05. The third-order valence-electron chi connectivity index (χ3n) is 3.00. The van der Waals surface area contributed by atoms with Crippen molar-refractivity contribution in [3.63, 3.8) is 0 Å². The van der Waals surface area contributed by atoms with Crippen LogP contribution < -0.4 is 5.32 Å². The van der Waals surface area contributed by atoms with Crippen LogP contribution in [0.2, 0.25) is 0 Å². The van der Waals surface area contributed by atoms with E-state index in [0.29, 0.717) is 0 Å². The highest BCUT2D eigenvalue weighted by atomic mass is 32.1. The summed E-state index contributed by atoms with van der Waals surface area (Å²) >= 11 is 1.60. The minimum Gasteiger partial charge on any atom is -0.467 e. The lowest BCUT2D eigenvalue weighted by Crippen LogP contribution is -2.23. The van der Waals surface area contributed by atoms with Gasteiger partial charge in [0.2, 0.25) is 0 Å². The Morgan fingerprint density at radius 1 is 1.35 bits per heavy atom. The van der Waals surface area contributed by atoms with Gasteiger partial charge >= 0.3 is 5.97 Å². The maximum absolute atomic E-state index is 13.7. The Hall–Kier alpha value is -1.88. The van der Waals surface area contributed by atoms with E-state index in [2.05, 4.69) is 5.32 Å². The SMILES string of the molecule is COC(=O)C(Nc1ccccc1F)c1cc(C)sc1C. The number of carbonyl (C=O) groups is 1. The van der Waals surface area contributed by atoms with E-state index >= 15 is 0 Å². The Bertz CT molecular complexity index is 624. The van der Waals surface area contributed by atoms with Crippen molar-refractivity contribution in [2.75, 3.05) is 12.4 Å². The van der Waals surface area contributed by atoms with Gasteiger partial charge in [0.05, 0.1) is 12.8 Å². The van der Waals surface area contributed by atoms with Gasteiger partial charge in [0.1, 0.15) is 5.82 Å². The highest BCUT2D eigenvalue weighted by molar-refractivity contribution is 7.12. The van der Waals surface area contributed by atoms with Crippen molar-refractivity contribution >= 4 is 23.0 Å². The molecule has 2 aromatic rings. The molecule has 0 fully saturated rings. The normalized spacial score (nSPS) is 12.0. The van der Waals surface area contributed by atoms with Crippen LogP contribution in [0.3, 0.4) is 0 Å². The molecule has 0 aliphatic rings. The van der Waals surface area contributed by atoms with Crippen molar-refractivity contribution in [1.82, 2.24) is 0 Å². The number of thiophene rings is 1. The number of rotatable bonds is 4. The van der Waals surface area contributed by atoms with Gasteiger partial charge in [0.15, 0.2) is 6.04 Å². The molecule has 0 aliphatic carbocycles. The van der Waals surface area contributed by atoms with Crippen LogP contribution in [0.15, 0.2) is 30.3 Å². The Kier molecular flexibility index (Phi) is 4.39. The van der Waals surface area contributed by atoms with E-state index in [9.17, 15) is 9.18 Å². The number of nitrogens with one attached hydrogen (secondary N) is 1. The molecule has 106 valence electrons. The van der Waals surface area contributed by atoms with E-state index in [1.165, 1.54) is 13.2 Å². The predicted molar refractivity (Wildman–Crippen MR) is 78.6 cm³/mol. The first-order chi connectivity index (χ1) is 9.52. The molecular weight excluding hydrogens is 277 g/mol. The van der Waals surface area contributed by atoms with Gasteiger partial charge in [-0.3, -0.25) is 0 Å². The number of hydrogen-bond acceptors (Lipinski definition) is 4. The van der Waals surface area contributed by atoms with Crippen LogP contribution in [0, 0.1) is 19.7 Å². The number of hydrogen-bond donors (Lipinski definition) is 1. The minimum absolute atomic E-state index is 0.283. The Labute approximate surface area is 121 Å². The summed E-state index contributed by atoms with van der Waals surface area (Å²) in [6.45, 7) is 3.91. The molecule has 1 atom stereocenters. The Balaban J connectivity index is 2.37. The van der Waals surface area contributed by atoms with Crippen LogP contribution in [0.1, 0.15) is 21.4 Å². The van der Waals surface area contributed by atoms with Crippen LogP contribution in [0.25, 0.3) is 0 Å². The molecule has 0 amide bonds. The molecule has 0 saturated heterocycles. The number of aryl methyl sites for hydroxylation is 2. The van der Waals surface area contributed by atoms with Crippen molar-refractivity contribution in [2.45, 2.75) is 19.9 Å². The van der Waals surface area contributed by atoms with E-state index in [-0.39, 0.29) is 5.69 Å². The van der Waals surface area contributed by atoms with Gasteiger partial charge in [-0.25, -0.2) is 9.18 Å². The molecule has 0 radical (unpaired) electrons. The number of para-hydroxylation sites is 1. The maximum Gasteiger partial charge on any atom is 0.333 e. The number of carbonyl (C=O) groups excluding carboxylic acids is 1. The molecule has 1 aromatic carbocycles. The molecule has 0 bridgehead atoms. The van der Waals surface area contributed by atoms with Gasteiger partial charge in [-0.05, 0) is 37.6 Å². The largest absolute Gasteiger partial charge is 0.467 e. The van der Waals surface area contributed by atoms with Gasteiger partial charge in [0, 0.05) is 9.75 Å². The molecule has 0 aliphatic heterocycles. The monoisotopic (exact) mass is 293 g/mol. The molecule has 1 N–H and O–H groups in total. The summed E-state index contributed by atoms with van der Waals surface area (Å²) in [5.74, 6) is -0.833. The topological polar surface area (TPSA) is 38.3 Å². The standard InChI is InChI=1S/C15H16FNO2S/c1-9-8-11(10(2)20-9)14(15(18)19-3)17-13-7-5-4-6-12(13)16/h4-8,14,17H,1-3H3. The first-order valence-corrected chi connectivity index (χ1v) is 7.00. The van der Waals surface area contributed by atoms with E-state index in [1.54, 1.807) is 29.5 Å². The Morgan fingerprint density at radius 3 is 2.60 bits per heavy atom. The van der Waals surface area contributed by atoms with E-state index < -0.39 is 17.8 Å². The number of anilines is 1. The minimum atomic E-state index is -0.707. The lowest BCUT2D eigenvalue weighted by atomic mass is 10.1. The summed E-state index contributed by atoms with van der Waals surface area (Å²) in [4.78, 5) is 14.1. The summed E-state index contributed by atoms with van der Waals surface area (Å²) in [6.07, 6.45) is 0. The quantitative estimate of drug-likeness (QED) is 0.871. The second-order valence-corrected chi connectivity index (χ2v) is 5.91. The molecule has 1 unspecified atom stereocenters. The molecule has 0 spiro atoms. The summed E-state index contributed by atoms with van der Waals surface area (Å²) < 4.78 is 18.6. The van der Waals surface area contributed by atoms with Gasteiger partial charge in [-0.2, -0.15) is 0 Å². The van der Waals surface area contributed by atoms with Crippen LogP contribution in [0.4, 0.5) is 10.1 Å². The van der Waals surface area contributed by atoms with Gasteiger partial charge in [0.25, 0.3) is 0 Å². The number of methoxy groups -OCH3 is 1. The summed E-state index contributed by atoms with van der Waals surface area (Å²) in [6, 6.07) is 7.48. The lowest BCUT2D eigenvalue weighted by molar-refractivity contribution is -0.141. The lowest BCUT2D eigenvalue weighted by Gasteiger charge is -2.18. The third-order valence-corrected chi connectivity index (χ3v) is 3.98. The zero-order valence-electron chi connectivity index (χ0n) is 11.6. The number of halogens is 1. The molecule has 2 rings (SSSR count). The van der Waals surface area contributed by atoms with E-state index in [0.717, 1.165) is 15.3 Å².